The van der Waals surface area contributed by atoms with Crippen LogP contribution in [0.15, 0.2) is 48.5 Å². The van der Waals surface area contributed by atoms with E-state index in [4.69, 9.17) is 0 Å². The third kappa shape index (κ3) is 4.91. The molecule has 0 saturated carbocycles. The normalized spacial score (nSPS) is 10.5. The van der Waals surface area contributed by atoms with E-state index in [-0.39, 0.29) is 24.8 Å². The minimum atomic E-state index is -0.428. The fourth-order valence-corrected chi connectivity index (χ4v) is 2.36. The number of nitrogens with one attached hydrogen (secondary N) is 2. The first kappa shape index (κ1) is 17.7. The highest BCUT2D eigenvalue weighted by Gasteiger charge is 2.11. The van der Waals surface area contributed by atoms with Crippen LogP contribution < -0.4 is 10.6 Å². The molecule has 0 aliphatic carbocycles. The Morgan fingerprint density at radius 2 is 1.67 bits per heavy atom. The zero-order valence-corrected chi connectivity index (χ0v) is 13.8. The summed E-state index contributed by atoms with van der Waals surface area (Å²) in [6.45, 7) is 3.93. The first-order valence-corrected chi connectivity index (χ1v) is 7.86. The van der Waals surface area contributed by atoms with E-state index >= 15 is 0 Å². The molecule has 2 N–H and O–H groups in total. The summed E-state index contributed by atoms with van der Waals surface area (Å²) in [7, 11) is 0. The molecule has 2 aromatic carbocycles. The van der Waals surface area contributed by atoms with Gasteiger partial charge in [-0.3, -0.25) is 9.59 Å². The summed E-state index contributed by atoms with van der Waals surface area (Å²) in [4.78, 5) is 23.9. The molecule has 24 heavy (non-hydrogen) atoms. The molecule has 4 nitrogen and oxygen atoms in total. The van der Waals surface area contributed by atoms with E-state index in [9.17, 15) is 14.0 Å². The number of carbonyl (C=O) groups excluding carboxylic acids is 2. The molecular weight excluding hydrogens is 307 g/mol. The van der Waals surface area contributed by atoms with Crippen LogP contribution >= 0.6 is 0 Å². The molecule has 0 saturated heterocycles. The zero-order chi connectivity index (χ0) is 17.5. The molecule has 126 valence electrons. The number of benzene rings is 2. The summed E-state index contributed by atoms with van der Waals surface area (Å²) in [5.74, 6) is -0.863. The zero-order valence-electron chi connectivity index (χ0n) is 13.8. The smallest absolute Gasteiger partial charge is 0.243 e. The van der Waals surface area contributed by atoms with Crippen LogP contribution in [0.5, 0.6) is 0 Å². The summed E-state index contributed by atoms with van der Waals surface area (Å²) in [5.41, 5.74) is 2.07. The third-order valence-corrected chi connectivity index (χ3v) is 3.61. The molecule has 0 atom stereocenters. The Labute approximate surface area is 141 Å². The Kier molecular flexibility index (Phi) is 6.07. The number of carbonyl (C=O) groups is 2. The first-order chi connectivity index (χ1) is 11.5. The SMILES string of the molecule is CC(C)c1ccccc1NC(=O)CNC(=O)Cc1ccccc1F. The minimum absolute atomic E-state index is 0.0947. The van der Waals surface area contributed by atoms with Crippen molar-refractivity contribution in [2.24, 2.45) is 0 Å². The number of anilines is 1. The highest BCUT2D eigenvalue weighted by molar-refractivity contribution is 5.95. The maximum absolute atomic E-state index is 13.5. The number of halogens is 1. The molecule has 5 heteroatoms. The van der Waals surface area contributed by atoms with Crippen molar-refractivity contribution in [2.75, 3.05) is 11.9 Å². The highest BCUT2D eigenvalue weighted by Crippen LogP contribution is 2.23. The molecule has 0 radical (unpaired) electrons. The van der Waals surface area contributed by atoms with Crippen molar-refractivity contribution in [3.05, 3.63) is 65.5 Å². The minimum Gasteiger partial charge on any atom is -0.347 e. The van der Waals surface area contributed by atoms with Gasteiger partial charge in [0.2, 0.25) is 11.8 Å². The monoisotopic (exact) mass is 328 g/mol. The molecule has 0 aliphatic heterocycles. The maximum atomic E-state index is 13.5. The predicted octanol–water partition coefficient (Wildman–Crippen LogP) is 3.25. The van der Waals surface area contributed by atoms with Gasteiger partial charge in [-0.15, -0.1) is 0 Å². The molecule has 0 heterocycles. The average Bonchev–Trinajstić information content (AvgIpc) is 2.55. The van der Waals surface area contributed by atoms with Gasteiger partial charge in [0, 0.05) is 5.69 Å². The van der Waals surface area contributed by atoms with Crippen LogP contribution in [0.3, 0.4) is 0 Å². The van der Waals surface area contributed by atoms with Gasteiger partial charge in [-0.05, 0) is 29.2 Å². The Balaban J connectivity index is 1.87. The highest BCUT2D eigenvalue weighted by atomic mass is 19.1. The van der Waals surface area contributed by atoms with Gasteiger partial charge in [0.15, 0.2) is 0 Å². The number of amides is 2. The molecule has 0 spiro atoms. The van der Waals surface area contributed by atoms with Gasteiger partial charge in [-0.2, -0.15) is 0 Å². The van der Waals surface area contributed by atoms with Crippen LogP contribution in [0.1, 0.15) is 30.9 Å². The average molecular weight is 328 g/mol. The summed E-state index contributed by atoms with van der Waals surface area (Å²) in [5, 5.41) is 5.30. The van der Waals surface area contributed by atoms with Gasteiger partial charge in [0.05, 0.1) is 13.0 Å². The van der Waals surface area contributed by atoms with E-state index in [1.165, 1.54) is 6.07 Å². The Morgan fingerprint density at radius 3 is 2.38 bits per heavy atom. The van der Waals surface area contributed by atoms with E-state index in [0.29, 0.717) is 5.56 Å². The van der Waals surface area contributed by atoms with Gasteiger partial charge in [-0.25, -0.2) is 4.39 Å². The first-order valence-electron chi connectivity index (χ1n) is 7.86. The quantitative estimate of drug-likeness (QED) is 0.855. The van der Waals surface area contributed by atoms with Gasteiger partial charge < -0.3 is 10.6 Å². The lowest BCUT2D eigenvalue weighted by molar-refractivity contribution is -0.123. The fraction of sp³-hybridized carbons (Fsp3) is 0.263. The molecule has 0 aromatic heterocycles. The van der Waals surface area contributed by atoms with Crippen molar-refractivity contribution in [2.45, 2.75) is 26.2 Å². The Morgan fingerprint density at radius 1 is 1.00 bits per heavy atom. The van der Waals surface area contributed by atoms with Crippen molar-refractivity contribution < 1.29 is 14.0 Å². The predicted molar refractivity (Wildman–Crippen MR) is 92.3 cm³/mol. The molecule has 2 aromatic rings. The molecule has 0 aliphatic rings. The second-order valence-corrected chi connectivity index (χ2v) is 5.84. The second kappa shape index (κ2) is 8.24. The van der Waals surface area contributed by atoms with Crippen LogP contribution in [0.4, 0.5) is 10.1 Å². The third-order valence-electron chi connectivity index (χ3n) is 3.61. The van der Waals surface area contributed by atoms with E-state index in [1.54, 1.807) is 18.2 Å². The van der Waals surface area contributed by atoms with Gasteiger partial charge in [0.1, 0.15) is 5.82 Å². The summed E-state index contributed by atoms with van der Waals surface area (Å²) in [6.07, 6.45) is -0.0947. The number of hydrogen-bond donors (Lipinski definition) is 2. The molecule has 0 fully saturated rings. The van der Waals surface area contributed by atoms with Crippen LogP contribution in [0.2, 0.25) is 0 Å². The van der Waals surface area contributed by atoms with Crippen LogP contribution in [0, 0.1) is 5.82 Å². The molecular formula is C19H21FN2O2. The maximum Gasteiger partial charge on any atom is 0.243 e. The Bertz CT molecular complexity index is 729. The topological polar surface area (TPSA) is 58.2 Å². The van der Waals surface area contributed by atoms with Crippen molar-refractivity contribution >= 4 is 17.5 Å². The van der Waals surface area contributed by atoms with Crippen molar-refractivity contribution in [1.29, 1.82) is 0 Å². The molecule has 0 unspecified atom stereocenters. The fourth-order valence-electron chi connectivity index (χ4n) is 2.36. The van der Waals surface area contributed by atoms with E-state index < -0.39 is 11.7 Å². The van der Waals surface area contributed by atoms with Crippen LogP contribution in [-0.4, -0.2) is 18.4 Å². The summed E-state index contributed by atoms with van der Waals surface area (Å²) >= 11 is 0. The van der Waals surface area contributed by atoms with E-state index in [1.807, 2.05) is 38.1 Å². The van der Waals surface area contributed by atoms with E-state index in [0.717, 1.165) is 11.3 Å². The van der Waals surface area contributed by atoms with Crippen molar-refractivity contribution in [3.8, 4) is 0 Å². The molecule has 0 bridgehead atoms. The lowest BCUT2D eigenvalue weighted by Crippen LogP contribution is -2.34. The second-order valence-electron chi connectivity index (χ2n) is 5.84. The van der Waals surface area contributed by atoms with Gasteiger partial charge in [0.25, 0.3) is 0 Å². The number of hydrogen-bond acceptors (Lipinski definition) is 2. The summed E-state index contributed by atoms with van der Waals surface area (Å²) in [6, 6.07) is 13.6. The lowest BCUT2D eigenvalue weighted by atomic mass is 10.0. The van der Waals surface area contributed by atoms with E-state index in [2.05, 4.69) is 10.6 Å². The van der Waals surface area contributed by atoms with Crippen LogP contribution in [0.25, 0.3) is 0 Å². The lowest BCUT2D eigenvalue weighted by Gasteiger charge is -2.14. The Hall–Kier alpha value is -2.69. The number of para-hydroxylation sites is 1. The molecule has 2 rings (SSSR count). The van der Waals surface area contributed by atoms with Crippen LogP contribution in [-0.2, 0) is 16.0 Å². The standard InChI is InChI=1S/C19H21FN2O2/c1-13(2)15-8-4-6-10-17(15)22-19(24)12-21-18(23)11-14-7-3-5-9-16(14)20/h3-10,13H,11-12H2,1-2H3,(H,21,23)(H,22,24). The summed E-state index contributed by atoms with van der Waals surface area (Å²) < 4.78 is 13.5. The van der Waals surface area contributed by atoms with Gasteiger partial charge >= 0.3 is 0 Å². The van der Waals surface area contributed by atoms with Crippen molar-refractivity contribution in [1.82, 2.24) is 5.32 Å². The van der Waals surface area contributed by atoms with Crippen molar-refractivity contribution in [3.63, 3.8) is 0 Å². The number of rotatable bonds is 6. The molecule has 2 amide bonds. The largest absolute Gasteiger partial charge is 0.347 e. The van der Waals surface area contributed by atoms with Gasteiger partial charge in [-0.1, -0.05) is 50.2 Å².